The predicted octanol–water partition coefficient (Wildman–Crippen LogP) is 1.22. The summed E-state index contributed by atoms with van der Waals surface area (Å²) in [4.78, 5) is 24.8. The maximum Gasteiger partial charge on any atom is 0.303 e. The molecule has 1 heterocycles. The summed E-state index contributed by atoms with van der Waals surface area (Å²) in [6.45, 7) is 4.99. The molecule has 1 fully saturated rings. The molecule has 104 valence electrons. The molecule has 2 atom stereocenters. The maximum absolute atomic E-state index is 12.3. The lowest BCUT2D eigenvalue weighted by Gasteiger charge is -2.37. The van der Waals surface area contributed by atoms with Crippen molar-refractivity contribution < 1.29 is 14.7 Å². The number of nitrogens with zero attached hydrogens (tertiary/aromatic N) is 1. The highest BCUT2D eigenvalue weighted by Gasteiger charge is 2.34. The van der Waals surface area contributed by atoms with Gasteiger partial charge in [-0.3, -0.25) is 9.59 Å². The Bertz CT molecular complexity index is 315. The maximum atomic E-state index is 12.3. The molecule has 0 radical (unpaired) electrons. The first kappa shape index (κ1) is 15.0. The van der Waals surface area contributed by atoms with Gasteiger partial charge in [0.2, 0.25) is 5.91 Å². The predicted molar refractivity (Wildman–Crippen MR) is 69.1 cm³/mol. The second kappa shape index (κ2) is 6.18. The Morgan fingerprint density at radius 2 is 2.17 bits per heavy atom. The molecule has 1 amide bonds. The van der Waals surface area contributed by atoms with E-state index in [1.54, 1.807) is 11.8 Å². The van der Waals surface area contributed by atoms with E-state index >= 15 is 0 Å². The molecule has 0 saturated carbocycles. The number of amides is 1. The normalized spacial score (nSPS) is 23.5. The van der Waals surface area contributed by atoms with Crippen LogP contribution in [0, 0.1) is 5.92 Å². The number of hydrogen-bond donors (Lipinski definition) is 2. The van der Waals surface area contributed by atoms with Gasteiger partial charge in [0.05, 0.1) is 5.54 Å². The number of aliphatic carboxylic acids is 1. The Morgan fingerprint density at radius 3 is 2.72 bits per heavy atom. The minimum Gasteiger partial charge on any atom is -0.481 e. The van der Waals surface area contributed by atoms with Crippen molar-refractivity contribution in [3.05, 3.63) is 0 Å². The number of nitrogens with two attached hydrogens (primary N) is 1. The molecule has 1 aliphatic rings. The lowest BCUT2D eigenvalue weighted by molar-refractivity contribution is -0.142. The number of carbonyl (C=O) groups is 2. The van der Waals surface area contributed by atoms with Crippen molar-refractivity contribution in [2.75, 3.05) is 13.1 Å². The van der Waals surface area contributed by atoms with Crippen LogP contribution in [-0.2, 0) is 9.59 Å². The van der Waals surface area contributed by atoms with Crippen molar-refractivity contribution in [2.24, 2.45) is 11.7 Å². The Hall–Kier alpha value is -1.10. The van der Waals surface area contributed by atoms with Crippen LogP contribution in [0.2, 0.25) is 0 Å². The molecule has 5 nitrogen and oxygen atoms in total. The highest BCUT2D eigenvalue weighted by atomic mass is 16.4. The molecule has 3 N–H and O–H groups in total. The van der Waals surface area contributed by atoms with Crippen molar-refractivity contribution in [3.63, 3.8) is 0 Å². The van der Waals surface area contributed by atoms with Crippen LogP contribution < -0.4 is 5.73 Å². The van der Waals surface area contributed by atoms with Gasteiger partial charge in [-0.25, -0.2) is 0 Å². The van der Waals surface area contributed by atoms with Gasteiger partial charge >= 0.3 is 5.97 Å². The molecule has 0 aromatic heterocycles. The van der Waals surface area contributed by atoms with Gasteiger partial charge in [0.25, 0.3) is 0 Å². The first-order valence-electron chi connectivity index (χ1n) is 6.67. The third-order valence-corrected chi connectivity index (χ3v) is 3.53. The highest BCUT2D eigenvalue weighted by Crippen LogP contribution is 2.22. The summed E-state index contributed by atoms with van der Waals surface area (Å²) in [6, 6.07) is 0. The summed E-state index contributed by atoms with van der Waals surface area (Å²) < 4.78 is 0. The smallest absolute Gasteiger partial charge is 0.303 e. The van der Waals surface area contributed by atoms with Crippen molar-refractivity contribution >= 4 is 11.9 Å². The summed E-state index contributed by atoms with van der Waals surface area (Å²) in [6.07, 6.45) is 3.41. The van der Waals surface area contributed by atoms with Crippen LogP contribution in [0.15, 0.2) is 0 Å². The first-order valence-corrected chi connectivity index (χ1v) is 6.67. The molecule has 1 rings (SSSR count). The average Bonchev–Trinajstić information content (AvgIpc) is 2.27. The van der Waals surface area contributed by atoms with Crippen LogP contribution in [0.1, 0.15) is 46.0 Å². The Kier molecular flexibility index (Phi) is 5.14. The van der Waals surface area contributed by atoms with Gasteiger partial charge in [0.15, 0.2) is 0 Å². The fourth-order valence-corrected chi connectivity index (χ4v) is 2.65. The van der Waals surface area contributed by atoms with Gasteiger partial charge in [-0.05, 0) is 32.1 Å². The zero-order valence-corrected chi connectivity index (χ0v) is 11.3. The van der Waals surface area contributed by atoms with E-state index in [2.05, 4.69) is 0 Å². The van der Waals surface area contributed by atoms with Crippen molar-refractivity contribution in [1.29, 1.82) is 0 Å². The fourth-order valence-electron chi connectivity index (χ4n) is 2.65. The van der Waals surface area contributed by atoms with Crippen LogP contribution in [0.25, 0.3) is 0 Å². The molecule has 18 heavy (non-hydrogen) atoms. The van der Waals surface area contributed by atoms with Gasteiger partial charge in [0, 0.05) is 19.5 Å². The number of piperidine rings is 1. The van der Waals surface area contributed by atoms with Crippen molar-refractivity contribution in [2.45, 2.75) is 51.5 Å². The molecule has 0 bridgehead atoms. The quantitative estimate of drug-likeness (QED) is 0.774. The third kappa shape index (κ3) is 3.98. The van der Waals surface area contributed by atoms with Gasteiger partial charge in [-0.1, -0.05) is 13.3 Å². The minimum atomic E-state index is -0.820. The largest absolute Gasteiger partial charge is 0.481 e. The van der Waals surface area contributed by atoms with Gasteiger partial charge in [0.1, 0.15) is 0 Å². The van der Waals surface area contributed by atoms with Crippen molar-refractivity contribution in [3.8, 4) is 0 Å². The van der Waals surface area contributed by atoms with Gasteiger partial charge in [-0.2, -0.15) is 0 Å². The van der Waals surface area contributed by atoms with E-state index in [1.807, 2.05) is 6.92 Å². The molecule has 1 aliphatic heterocycles. The number of carboxylic acids is 1. The Morgan fingerprint density at radius 1 is 1.50 bits per heavy atom. The number of hydrogen-bond acceptors (Lipinski definition) is 3. The fraction of sp³-hybridized carbons (Fsp3) is 0.846. The molecule has 0 aromatic rings. The van der Waals surface area contributed by atoms with E-state index in [-0.39, 0.29) is 18.2 Å². The van der Waals surface area contributed by atoms with E-state index in [0.29, 0.717) is 19.5 Å². The lowest BCUT2D eigenvalue weighted by Crippen LogP contribution is -2.55. The average molecular weight is 256 g/mol. The molecule has 1 saturated heterocycles. The molecular formula is C13H24N2O3. The molecule has 0 aliphatic carbocycles. The van der Waals surface area contributed by atoms with Crippen LogP contribution in [0.4, 0.5) is 0 Å². The summed E-state index contributed by atoms with van der Waals surface area (Å²) in [5.41, 5.74) is 5.22. The SMILES string of the molecule is CCCC(C)(N)C(=O)N1CCCC(CC(=O)O)C1. The number of rotatable bonds is 5. The molecule has 2 unspecified atom stereocenters. The van der Waals surface area contributed by atoms with Crippen LogP contribution >= 0.6 is 0 Å². The summed E-state index contributed by atoms with van der Waals surface area (Å²) >= 11 is 0. The lowest BCUT2D eigenvalue weighted by atomic mass is 9.91. The van der Waals surface area contributed by atoms with Gasteiger partial charge < -0.3 is 15.7 Å². The summed E-state index contributed by atoms with van der Waals surface area (Å²) in [5.74, 6) is -0.768. The number of carbonyl (C=O) groups excluding carboxylic acids is 1. The zero-order valence-electron chi connectivity index (χ0n) is 11.3. The molecular weight excluding hydrogens is 232 g/mol. The molecule has 0 aromatic carbocycles. The van der Waals surface area contributed by atoms with E-state index < -0.39 is 11.5 Å². The molecule has 0 spiro atoms. The van der Waals surface area contributed by atoms with Crippen molar-refractivity contribution in [1.82, 2.24) is 4.90 Å². The molecule has 5 heteroatoms. The van der Waals surface area contributed by atoms with E-state index in [4.69, 9.17) is 10.8 Å². The second-order valence-electron chi connectivity index (χ2n) is 5.52. The Balaban J connectivity index is 2.60. The third-order valence-electron chi connectivity index (χ3n) is 3.53. The second-order valence-corrected chi connectivity index (χ2v) is 5.52. The monoisotopic (exact) mass is 256 g/mol. The van der Waals surface area contributed by atoms with E-state index in [9.17, 15) is 9.59 Å². The highest BCUT2D eigenvalue weighted by molar-refractivity contribution is 5.85. The van der Waals surface area contributed by atoms with Crippen LogP contribution in [-0.4, -0.2) is 40.5 Å². The van der Waals surface area contributed by atoms with Crippen LogP contribution in [0.3, 0.4) is 0 Å². The van der Waals surface area contributed by atoms with E-state index in [0.717, 1.165) is 19.3 Å². The topological polar surface area (TPSA) is 83.6 Å². The number of carboxylic acid groups (broad SMARTS) is 1. The zero-order chi connectivity index (χ0) is 13.8. The Labute approximate surface area is 108 Å². The first-order chi connectivity index (χ1) is 8.36. The van der Waals surface area contributed by atoms with Crippen LogP contribution in [0.5, 0.6) is 0 Å². The number of likely N-dealkylation sites (tertiary alicyclic amines) is 1. The van der Waals surface area contributed by atoms with Gasteiger partial charge in [-0.15, -0.1) is 0 Å². The standard InChI is InChI=1S/C13H24N2O3/c1-3-6-13(2,14)12(18)15-7-4-5-10(9-15)8-11(16)17/h10H,3-9,14H2,1-2H3,(H,16,17). The van der Waals surface area contributed by atoms with E-state index in [1.165, 1.54) is 0 Å². The minimum absolute atomic E-state index is 0.0422. The summed E-state index contributed by atoms with van der Waals surface area (Å²) in [5, 5.41) is 8.81. The summed E-state index contributed by atoms with van der Waals surface area (Å²) in [7, 11) is 0.